The van der Waals surface area contributed by atoms with Crippen LogP contribution in [0.2, 0.25) is 0 Å². The maximum absolute atomic E-state index is 5.99. The van der Waals surface area contributed by atoms with Gasteiger partial charge in [-0.25, -0.2) is 0 Å². The van der Waals surface area contributed by atoms with E-state index in [2.05, 4.69) is 10.00 Å². The minimum atomic E-state index is 0.667. The second-order valence-electron chi connectivity index (χ2n) is 5.78. The van der Waals surface area contributed by atoms with Crippen molar-refractivity contribution in [2.45, 2.75) is 38.5 Å². The van der Waals surface area contributed by atoms with Gasteiger partial charge in [0.2, 0.25) is 0 Å². The maximum Gasteiger partial charge on any atom is 0.173 e. The quantitative estimate of drug-likeness (QED) is 0.810. The van der Waals surface area contributed by atoms with Crippen molar-refractivity contribution in [2.24, 2.45) is 12.5 Å². The third-order valence-electron chi connectivity index (χ3n) is 4.62. The molecule has 1 aromatic heterocycles. The van der Waals surface area contributed by atoms with Crippen LogP contribution >= 0.6 is 0 Å². The Kier molecular flexibility index (Phi) is 2.53. The van der Waals surface area contributed by atoms with E-state index in [-0.39, 0.29) is 0 Å². The van der Waals surface area contributed by atoms with Crippen LogP contribution in [-0.4, -0.2) is 22.9 Å². The zero-order chi connectivity index (χ0) is 11.9. The Bertz CT molecular complexity index is 394. The van der Waals surface area contributed by atoms with Crippen molar-refractivity contribution in [1.82, 2.24) is 9.78 Å². The van der Waals surface area contributed by atoms with E-state index in [1.54, 1.807) is 0 Å². The van der Waals surface area contributed by atoms with Crippen LogP contribution in [-0.2, 0) is 7.05 Å². The molecular formula is C13H22N4. The molecule has 0 radical (unpaired) electrons. The van der Waals surface area contributed by atoms with Gasteiger partial charge in [0.25, 0.3) is 0 Å². The third kappa shape index (κ3) is 1.90. The number of nitrogen functional groups attached to an aromatic ring is 1. The Morgan fingerprint density at radius 3 is 2.35 bits per heavy atom. The number of rotatable bonds is 1. The van der Waals surface area contributed by atoms with Gasteiger partial charge in [0.05, 0.1) is 5.69 Å². The van der Waals surface area contributed by atoms with E-state index in [4.69, 9.17) is 5.73 Å². The summed E-state index contributed by atoms with van der Waals surface area (Å²) in [6, 6.07) is 0. The monoisotopic (exact) mass is 234 g/mol. The Morgan fingerprint density at radius 1 is 1.18 bits per heavy atom. The van der Waals surface area contributed by atoms with Gasteiger partial charge in [0.1, 0.15) is 0 Å². The topological polar surface area (TPSA) is 47.1 Å². The van der Waals surface area contributed by atoms with Gasteiger partial charge < -0.3 is 10.6 Å². The molecule has 1 aliphatic heterocycles. The van der Waals surface area contributed by atoms with Crippen LogP contribution in [0.4, 0.5) is 11.5 Å². The molecular weight excluding hydrogens is 212 g/mol. The third-order valence-corrected chi connectivity index (χ3v) is 4.62. The summed E-state index contributed by atoms with van der Waals surface area (Å²) < 4.78 is 1.81. The van der Waals surface area contributed by atoms with Gasteiger partial charge in [-0.1, -0.05) is 12.8 Å². The molecule has 0 amide bonds. The number of aryl methyl sites for hydroxylation is 1. The van der Waals surface area contributed by atoms with Crippen molar-refractivity contribution in [2.75, 3.05) is 23.7 Å². The molecule has 2 N–H and O–H groups in total. The molecule has 2 fully saturated rings. The highest BCUT2D eigenvalue weighted by Crippen LogP contribution is 2.46. The molecule has 0 atom stereocenters. The summed E-state index contributed by atoms with van der Waals surface area (Å²) in [4.78, 5) is 2.36. The van der Waals surface area contributed by atoms with E-state index in [9.17, 15) is 0 Å². The number of nitrogens with zero attached hydrogens (tertiary/aromatic N) is 3. The van der Waals surface area contributed by atoms with Gasteiger partial charge in [0.15, 0.2) is 5.82 Å². The normalized spacial score (nSPS) is 23.5. The second-order valence-corrected chi connectivity index (χ2v) is 5.78. The molecule has 1 saturated carbocycles. The number of anilines is 2. The van der Waals surface area contributed by atoms with Gasteiger partial charge in [-0.2, -0.15) is 5.10 Å². The molecule has 1 aliphatic carbocycles. The van der Waals surface area contributed by atoms with E-state index in [0.717, 1.165) is 24.6 Å². The second kappa shape index (κ2) is 3.93. The molecule has 4 nitrogen and oxygen atoms in total. The number of aromatic nitrogens is 2. The lowest BCUT2D eigenvalue weighted by Crippen LogP contribution is -2.39. The molecule has 1 aromatic rings. The Hall–Kier alpha value is -1.19. The Labute approximate surface area is 103 Å². The highest BCUT2D eigenvalue weighted by atomic mass is 15.3. The fourth-order valence-corrected chi connectivity index (χ4v) is 3.56. The van der Waals surface area contributed by atoms with Crippen molar-refractivity contribution < 1.29 is 0 Å². The molecule has 0 aromatic carbocycles. The average Bonchev–Trinajstić information content (AvgIpc) is 2.88. The van der Waals surface area contributed by atoms with Crippen LogP contribution in [0.3, 0.4) is 0 Å². The SMILES string of the molecule is Cn1cc(N)c(N2CCC3(CCCC3)CC2)n1. The van der Waals surface area contributed by atoms with Crippen LogP contribution in [0.5, 0.6) is 0 Å². The molecule has 17 heavy (non-hydrogen) atoms. The summed E-state index contributed by atoms with van der Waals surface area (Å²) in [7, 11) is 1.93. The largest absolute Gasteiger partial charge is 0.394 e. The summed E-state index contributed by atoms with van der Waals surface area (Å²) >= 11 is 0. The molecule has 4 heteroatoms. The highest BCUT2D eigenvalue weighted by Gasteiger charge is 2.37. The predicted octanol–water partition coefficient (Wildman–Crippen LogP) is 2.16. The highest BCUT2D eigenvalue weighted by molar-refractivity contribution is 5.61. The van der Waals surface area contributed by atoms with Crippen LogP contribution in [0, 0.1) is 5.41 Å². The maximum atomic E-state index is 5.99. The molecule has 3 rings (SSSR count). The van der Waals surface area contributed by atoms with E-state index in [1.807, 2.05) is 17.9 Å². The molecule has 0 unspecified atom stereocenters. The zero-order valence-corrected chi connectivity index (χ0v) is 10.7. The molecule has 1 spiro atoms. The van der Waals surface area contributed by atoms with Gasteiger partial charge in [-0.3, -0.25) is 4.68 Å². The smallest absolute Gasteiger partial charge is 0.173 e. The van der Waals surface area contributed by atoms with Crippen LogP contribution in [0.1, 0.15) is 38.5 Å². The summed E-state index contributed by atoms with van der Waals surface area (Å²) in [6.45, 7) is 2.25. The van der Waals surface area contributed by atoms with Crippen molar-refractivity contribution in [3.8, 4) is 0 Å². The number of hydrogen-bond acceptors (Lipinski definition) is 3. The molecule has 2 aliphatic rings. The first-order valence-electron chi connectivity index (χ1n) is 6.73. The van der Waals surface area contributed by atoms with E-state index < -0.39 is 0 Å². The summed E-state index contributed by atoms with van der Waals surface area (Å²) in [5.74, 6) is 0.986. The average molecular weight is 234 g/mol. The van der Waals surface area contributed by atoms with Gasteiger partial charge in [0, 0.05) is 26.3 Å². The van der Waals surface area contributed by atoms with E-state index >= 15 is 0 Å². The first-order chi connectivity index (χ1) is 8.19. The van der Waals surface area contributed by atoms with Crippen molar-refractivity contribution in [3.05, 3.63) is 6.20 Å². The Balaban J connectivity index is 1.70. The predicted molar refractivity (Wildman–Crippen MR) is 70.0 cm³/mol. The molecule has 2 heterocycles. The van der Waals surface area contributed by atoms with Crippen LogP contribution < -0.4 is 10.6 Å². The summed E-state index contributed by atoms with van der Waals surface area (Å²) in [5, 5.41) is 4.47. The molecule has 1 saturated heterocycles. The van der Waals surface area contributed by atoms with Crippen LogP contribution in [0.15, 0.2) is 6.20 Å². The minimum absolute atomic E-state index is 0.667. The Morgan fingerprint density at radius 2 is 1.82 bits per heavy atom. The van der Waals surface area contributed by atoms with Gasteiger partial charge in [-0.05, 0) is 31.1 Å². The lowest BCUT2D eigenvalue weighted by molar-refractivity contribution is 0.226. The van der Waals surface area contributed by atoms with Crippen molar-refractivity contribution in [1.29, 1.82) is 0 Å². The molecule has 0 bridgehead atoms. The van der Waals surface area contributed by atoms with Gasteiger partial charge in [-0.15, -0.1) is 0 Å². The fraction of sp³-hybridized carbons (Fsp3) is 0.769. The first kappa shape index (κ1) is 10.9. The summed E-state index contributed by atoms with van der Waals surface area (Å²) in [6.07, 6.45) is 10.3. The van der Waals surface area contributed by atoms with Crippen molar-refractivity contribution >= 4 is 11.5 Å². The first-order valence-corrected chi connectivity index (χ1v) is 6.73. The number of piperidine rings is 1. The zero-order valence-electron chi connectivity index (χ0n) is 10.7. The number of hydrogen-bond donors (Lipinski definition) is 1. The summed E-state index contributed by atoms with van der Waals surface area (Å²) in [5.41, 5.74) is 7.47. The fourth-order valence-electron chi connectivity index (χ4n) is 3.56. The number of nitrogens with two attached hydrogens (primary N) is 1. The molecule has 94 valence electrons. The van der Waals surface area contributed by atoms with Crippen molar-refractivity contribution in [3.63, 3.8) is 0 Å². The minimum Gasteiger partial charge on any atom is -0.394 e. The lowest BCUT2D eigenvalue weighted by Gasteiger charge is -2.39. The lowest BCUT2D eigenvalue weighted by atomic mass is 9.77. The van der Waals surface area contributed by atoms with Gasteiger partial charge >= 0.3 is 0 Å². The van der Waals surface area contributed by atoms with Crippen LogP contribution in [0.25, 0.3) is 0 Å². The standard InChI is InChI=1S/C13H22N4/c1-16-10-11(14)12(15-16)17-8-6-13(7-9-17)4-2-3-5-13/h10H,2-9,14H2,1H3. The van der Waals surface area contributed by atoms with E-state index in [0.29, 0.717) is 5.41 Å². The van der Waals surface area contributed by atoms with E-state index in [1.165, 1.54) is 38.5 Å².